The monoisotopic (exact) mass is 345 g/mol. The van der Waals surface area contributed by atoms with Crippen molar-refractivity contribution in [2.45, 2.75) is 26.3 Å². The number of ether oxygens (including phenoxy) is 1. The lowest BCUT2D eigenvalue weighted by Crippen LogP contribution is -2.31. The average Bonchev–Trinajstić information content (AvgIpc) is 2.59. The molecule has 0 aliphatic carbocycles. The number of carbonyl (C=O) groups is 2. The van der Waals surface area contributed by atoms with Gasteiger partial charge in [0, 0.05) is 5.02 Å². The Morgan fingerprint density at radius 2 is 1.88 bits per heavy atom. The lowest BCUT2D eigenvalue weighted by Gasteiger charge is -2.14. The molecular weight excluding hydrogens is 326 g/mol. The SMILES string of the molecule is CCc1ccc(C(=O)OCC(=O)N[C@@H](C)c2cccc(Cl)c2)cc1. The summed E-state index contributed by atoms with van der Waals surface area (Å²) in [6.45, 7) is 3.56. The van der Waals surface area contributed by atoms with Crippen molar-refractivity contribution in [2.24, 2.45) is 0 Å². The molecule has 5 heteroatoms. The zero-order chi connectivity index (χ0) is 17.5. The molecule has 0 aliphatic rings. The van der Waals surface area contributed by atoms with Crippen molar-refractivity contribution in [1.29, 1.82) is 0 Å². The summed E-state index contributed by atoms with van der Waals surface area (Å²) in [4.78, 5) is 23.9. The smallest absolute Gasteiger partial charge is 0.338 e. The number of esters is 1. The predicted molar refractivity (Wildman–Crippen MR) is 94.1 cm³/mol. The zero-order valence-corrected chi connectivity index (χ0v) is 14.5. The number of benzene rings is 2. The minimum absolute atomic E-state index is 0.223. The molecular formula is C19H20ClNO3. The normalized spacial score (nSPS) is 11.6. The van der Waals surface area contributed by atoms with E-state index < -0.39 is 5.97 Å². The van der Waals surface area contributed by atoms with E-state index in [1.807, 2.05) is 38.1 Å². The number of carbonyl (C=O) groups excluding carboxylic acids is 2. The molecule has 0 aliphatic heterocycles. The Balaban J connectivity index is 1.84. The van der Waals surface area contributed by atoms with Crippen LogP contribution < -0.4 is 5.32 Å². The third-order valence-corrected chi connectivity index (χ3v) is 3.89. The lowest BCUT2D eigenvalue weighted by molar-refractivity contribution is -0.124. The minimum atomic E-state index is -0.511. The van der Waals surface area contributed by atoms with Gasteiger partial charge in [0.05, 0.1) is 11.6 Å². The van der Waals surface area contributed by atoms with Crippen molar-refractivity contribution in [1.82, 2.24) is 5.32 Å². The van der Waals surface area contributed by atoms with Crippen LogP contribution in [0.5, 0.6) is 0 Å². The highest BCUT2D eigenvalue weighted by Gasteiger charge is 2.13. The van der Waals surface area contributed by atoms with Crippen molar-refractivity contribution < 1.29 is 14.3 Å². The predicted octanol–water partition coefficient (Wildman–Crippen LogP) is 3.94. The summed E-state index contributed by atoms with van der Waals surface area (Å²) in [6.07, 6.45) is 0.902. The summed E-state index contributed by atoms with van der Waals surface area (Å²) >= 11 is 5.94. The number of halogens is 1. The second-order valence-corrected chi connectivity index (χ2v) is 5.91. The van der Waals surface area contributed by atoms with Gasteiger partial charge in [0.15, 0.2) is 6.61 Å². The summed E-state index contributed by atoms with van der Waals surface area (Å²) in [6, 6.07) is 14.2. The first-order valence-electron chi connectivity index (χ1n) is 7.80. The first kappa shape index (κ1) is 18.0. The van der Waals surface area contributed by atoms with E-state index in [4.69, 9.17) is 16.3 Å². The molecule has 0 radical (unpaired) electrons. The third kappa shape index (κ3) is 5.10. The summed E-state index contributed by atoms with van der Waals surface area (Å²) in [5.74, 6) is -0.871. The van der Waals surface area contributed by atoms with Crippen LogP contribution in [0.15, 0.2) is 48.5 Å². The molecule has 24 heavy (non-hydrogen) atoms. The van der Waals surface area contributed by atoms with Gasteiger partial charge in [-0.2, -0.15) is 0 Å². The number of nitrogens with one attached hydrogen (secondary N) is 1. The van der Waals surface area contributed by atoms with Gasteiger partial charge in [0.1, 0.15) is 0 Å². The fraction of sp³-hybridized carbons (Fsp3) is 0.263. The highest BCUT2D eigenvalue weighted by molar-refractivity contribution is 6.30. The molecule has 0 saturated carbocycles. The van der Waals surface area contributed by atoms with Gasteiger partial charge >= 0.3 is 5.97 Å². The van der Waals surface area contributed by atoms with Crippen LogP contribution in [0.1, 0.15) is 41.4 Å². The molecule has 2 rings (SSSR count). The highest BCUT2D eigenvalue weighted by atomic mass is 35.5. The fourth-order valence-corrected chi connectivity index (χ4v) is 2.43. The molecule has 0 heterocycles. The topological polar surface area (TPSA) is 55.4 Å². The molecule has 0 saturated heterocycles. The number of hydrogen-bond acceptors (Lipinski definition) is 3. The molecule has 0 spiro atoms. The molecule has 126 valence electrons. The maximum atomic E-state index is 11.9. The Labute approximate surface area is 146 Å². The van der Waals surface area contributed by atoms with Gasteiger partial charge in [-0.3, -0.25) is 4.79 Å². The Morgan fingerprint density at radius 3 is 2.50 bits per heavy atom. The summed E-state index contributed by atoms with van der Waals surface area (Å²) < 4.78 is 5.05. The van der Waals surface area contributed by atoms with Crippen molar-refractivity contribution in [3.05, 3.63) is 70.2 Å². The van der Waals surface area contributed by atoms with Crippen LogP contribution in [0.2, 0.25) is 5.02 Å². The Kier molecular flexibility index (Phi) is 6.38. The van der Waals surface area contributed by atoms with Gasteiger partial charge in [0.2, 0.25) is 0 Å². The third-order valence-electron chi connectivity index (χ3n) is 3.66. The van der Waals surface area contributed by atoms with Crippen LogP contribution in [0.3, 0.4) is 0 Å². The molecule has 2 aromatic carbocycles. The molecule has 4 nitrogen and oxygen atoms in total. The van der Waals surface area contributed by atoms with Gasteiger partial charge in [-0.15, -0.1) is 0 Å². The van der Waals surface area contributed by atoms with E-state index in [1.54, 1.807) is 24.3 Å². The van der Waals surface area contributed by atoms with Gasteiger partial charge in [-0.1, -0.05) is 42.8 Å². The largest absolute Gasteiger partial charge is 0.452 e. The fourth-order valence-electron chi connectivity index (χ4n) is 2.23. The van der Waals surface area contributed by atoms with Crippen molar-refractivity contribution in [3.63, 3.8) is 0 Å². The van der Waals surface area contributed by atoms with Crippen LogP contribution in [0.4, 0.5) is 0 Å². The van der Waals surface area contributed by atoms with Crippen molar-refractivity contribution >= 4 is 23.5 Å². The van der Waals surface area contributed by atoms with Gasteiger partial charge in [-0.05, 0) is 48.7 Å². The van der Waals surface area contributed by atoms with E-state index in [-0.39, 0.29) is 18.6 Å². The highest BCUT2D eigenvalue weighted by Crippen LogP contribution is 2.17. The van der Waals surface area contributed by atoms with Crippen LogP contribution in [0.25, 0.3) is 0 Å². The average molecular weight is 346 g/mol. The Bertz CT molecular complexity index is 713. The molecule has 0 fully saturated rings. The molecule has 1 N–H and O–H groups in total. The molecule has 0 unspecified atom stereocenters. The van der Waals surface area contributed by atoms with Crippen molar-refractivity contribution in [3.8, 4) is 0 Å². The van der Waals surface area contributed by atoms with E-state index in [0.29, 0.717) is 10.6 Å². The summed E-state index contributed by atoms with van der Waals surface area (Å²) in [7, 11) is 0. The van der Waals surface area contributed by atoms with E-state index >= 15 is 0 Å². The van der Waals surface area contributed by atoms with Crippen molar-refractivity contribution in [2.75, 3.05) is 6.61 Å². The molecule has 0 aromatic heterocycles. The number of amides is 1. The summed E-state index contributed by atoms with van der Waals surface area (Å²) in [5.41, 5.74) is 2.46. The molecule has 0 bridgehead atoms. The van der Waals surface area contributed by atoms with Gasteiger partial charge in [-0.25, -0.2) is 4.79 Å². The maximum absolute atomic E-state index is 11.9. The van der Waals surface area contributed by atoms with Crippen LogP contribution >= 0.6 is 11.6 Å². The maximum Gasteiger partial charge on any atom is 0.338 e. The Hall–Kier alpha value is -2.33. The van der Waals surface area contributed by atoms with Gasteiger partial charge in [0.25, 0.3) is 5.91 Å². The van der Waals surface area contributed by atoms with Crippen LogP contribution in [-0.4, -0.2) is 18.5 Å². The minimum Gasteiger partial charge on any atom is -0.452 e. The standard InChI is InChI=1S/C19H20ClNO3/c1-3-14-7-9-15(10-8-14)19(23)24-12-18(22)21-13(2)16-5-4-6-17(20)11-16/h4-11,13H,3,12H2,1-2H3,(H,21,22)/t13-/m0/s1. The lowest BCUT2D eigenvalue weighted by atomic mass is 10.1. The van der Waals surface area contributed by atoms with Gasteiger partial charge < -0.3 is 10.1 Å². The first-order valence-corrected chi connectivity index (χ1v) is 8.18. The number of rotatable bonds is 6. The van der Waals surface area contributed by atoms with Crippen LogP contribution in [0, 0.1) is 0 Å². The molecule has 1 atom stereocenters. The number of aryl methyl sites for hydroxylation is 1. The quantitative estimate of drug-likeness (QED) is 0.807. The van der Waals surface area contributed by atoms with E-state index in [1.165, 1.54) is 0 Å². The number of hydrogen-bond donors (Lipinski definition) is 1. The zero-order valence-electron chi connectivity index (χ0n) is 13.7. The van der Waals surface area contributed by atoms with E-state index in [9.17, 15) is 9.59 Å². The molecule has 2 aromatic rings. The van der Waals surface area contributed by atoms with E-state index in [0.717, 1.165) is 17.5 Å². The van der Waals surface area contributed by atoms with Crippen LogP contribution in [-0.2, 0) is 16.0 Å². The first-order chi connectivity index (χ1) is 11.5. The molecule has 1 amide bonds. The van der Waals surface area contributed by atoms with E-state index in [2.05, 4.69) is 5.32 Å². The second-order valence-electron chi connectivity index (χ2n) is 5.47. The summed E-state index contributed by atoms with van der Waals surface area (Å²) in [5, 5.41) is 3.38. The second kappa shape index (κ2) is 8.50. The Morgan fingerprint density at radius 1 is 1.17 bits per heavy atom.